The fourth-order valence-electron chi connectivity index (χ4n) is 3.87. The van der Waals surface area contributed by atoms with Crippen molar-refractivity contribution in [2.24, 2.45) is 5.92 Å². The highest BCUT2D eigenvalue weighted by Gasteiger charge is 2.27. The SMILES string of the molecule is O=C(c1cc2ccccc2[nH]1)N1CCC[C@H](Cc2nc(-c3ccsc3)no2)C1. The number of rotatable bonds is 4. The van der Waals surface area contributed by atoms with Crippen LogP contribution in [-0.2, 0) is 6.42 Å². The van der Waals surface area contributed by atoms with Crippen LogP contribution in [0.25, 0.3) is 22.3 Å². The predicted molar refractivity (Wildman–Crippen MR) is 108 cm³/mol. The van der Waals surface area contributed by atoms with Gasteiger partial charge in [0.15, 0.2) is 0 Å². The molecule has 142 valence electrons. The molecule has 4 aromatic rings. The molecular weight excluding hydrogens is 372 g/mol. The van der Waals surface area contributed by atoms with E-state index in [9.17, 15) is 4.79 Å². The molecule has 1 atom stereocenters. The molecule has 1 aliphatic rings. The fraction of sp³-hybridized carbons (Fsp3) is 0.286. The van der Waals surface area contributed by atoms with Gasteiger partial charge in [-0.25, -0.2) is 0 Å². The van der Waals surface area contributed by atoms with Crippen LogP contribution in [0.15, 0.2) is 51.7 Å². The molecule has 6 nitrogen and oxygen atoms in total. The van der Waals surface area contributed by atoms with Gasteiger partial charge < -0.3 is 14.4 Å². The van der Waals surface area contributed by atoms with E-state index in [1.54, 1.807) is 11.3 Å². The Bertz CT molecular complexity index is 1070. The Labute approximate surface area is 166 Å². The molecule has 1 aliphatic heterocycles. The van der Waals surface area contributed by atoms with Crippen LogP contribution in [0.5, 0.6) is 0 Å². The summed E-state index contributed by atoms with van der Waals surface area (Å²) < 4.78 is 5.45. The normalized spacial score (nSPS) is 17.3. The van der Waals surface area contributed by atoms with Gasteiger partial charge in [0.2, 0.25) is 11.7 Å². The van der Waals surface area contributed by atoms with E-state index in [-0.39, 0.29) is 5.91 Å². The molecular formula is C21H20N4O2S. The van der Waals surface area contributed by atoms with Crippen molar-refractivity contribution < 1.29 is 9.32 Å². The third kappa shape index (κ3) is 3.33. The summed E-state index contributed by atoms with van der Waals surface area (Å²) in [6, 6.07) is 11.9. The number of thiophene rings is 1. The molecule has 3 aromatic heterocycles. The Hall–Kier alpha value is -2.93. The minimum Gasteiger partial charge on any atom is -0.351 e. The first-order valence-electron chi connectivity index (χ1n) is 9.48. The summed E-state index contributed by atoms with van der Waals surface area (Å²) in [4.78, 5) is 22.7. The van der Waals surface area contributed by atoms with E-state index in [4.69, 9.17) is 4.52 Å². The van der Waals surface area contributed by atoms with Gasteiger partial charge in [0.05, 0.1) is 0 Å². The first kappa shape index (κ1) is 17.2. The van der Waals surface area contributed by atoms with Gasteiger partial charge in [-0.2, -0.15) is 16.3 Å². The van der Waals surface area contributed by atoms with Crippen molar-refractivity contribution in [3.8, 4) is 11.4 Å². The Morgan fingerprint density at radius 2 is 2.25 bits per heavy atom. The number of carbonyl (C=O) groups is 1. The highest BCUT2D eigenvalue weighted by Crippen LogP contribution is 2.25. The van der Waals surface area contributed by atoms with Crippen molar-refractivity contribution in [2.45, 2.75) is 19.3 Å². The minimum atomic E-state index is 0.0605. The summed E-state index contributed by atoms with van der Waals surface area (Å²) >= 11 is 1.61. The zero-order chi connectivity index (χ0) is 18.9. The number of fused-ring (bicyclic) bond motifs is 1. The molecule has 1 N–H and O–H groups in total. The Morgan fingerprint density at radius 1 is 1.32 bits per heavy atom. The molecule has 5 rings (SSSR count). The molecule has 0 spiro atoms. The quantitative estimate of drug-likeness (QED) is 0.559. The van der Waals surface area contributed by atoms with Crippen molar-refractivity contribution in [2.75, 3.05) is 13.1 Å². The van der Waals surface area contributed by atoms with Crippen molar-refractivity contribution in [3.05, 3.63) is 58.7 Å². The van der Waals surface area contributed by atoms with E-state index in [0.717, 1.165) is 35.9 Å². The highest BCUT2D eigenvalue weighted by molar-refractivity contribution is 7.08. The van der Waals surface area contributed by atoms with Crippen molar-refractivity contribution >= 4 is 28.1 Å². The lowest BCUT2D eigenvalue weighted by Crippen LogP contribution is -2.40. The van der Waals surface area contributed by atoms with Gasteiger partial charge in [-0.3, -0.25) is 4.79 Å². The zero-order valence-corrected chi connectivity index (χ0v) is 16.1. The second kappa shape index (κ2) is 7.24. The number of hydrogen-bond donors (Lipinski definition) is 1. The number of aromatic amines is 1. The number of nitrogens with one attached hydrogen (secondary N) is 1. The van der Waals surface area contributed by atoms with Gasteiger partial charge in [0.1, 0.15) is 5.69 Å². The van der Waals surface area contributed by atoms with E-state index in [2.05, 4.69) is 15.1 Å². The lowest BCUT2D eigenvalue weighted by atomic mass is 9.94. The lowest BCUT2D eigenvalue weighted by Gasteiger charge is -2.31. The van der Waals surface area contributed by atoms with Crippen LogP contribution in [0.4, 0.5) is 0 Å². The van der Waals surface area contributed by atoms with Crippen LogP contribution < -0.4 is 0 Å². The molecule has 0 saturated carbocycles. The monoisotopic (exact) mass is 392 g/mol. The van der Waals surface area contributed by atoms with Crippen molar-refractivity contribution in [1.29, 1.82) is 0 Å². The van der Waals surface area contributed by atoms with Gasteiger partial charge in [-0.05, 0) is 42.3 Å². The van der Waals surface area contributed by atoms with Crippen LogP contribution in [0.1, 0.15) is 29.2 Å². The zero-order valence-electron chi connectivity index (χ0n) is 15.3. The van der Waals surface area contributed by atoms with E-state index in [1.807, 2.05) is 52.1 Å². The Kier molecular flexibility index (Phi) is 4.44. The van der Waals surface area contributed by atoms with E-state index in [1.165, 1.54) is 0 Å². The maximum atomic E-state index is 13.0. The van der Waals surface area contributed by atoms with Crippen LogP contribution in [-0.4, -0.2) is 39.0 Å². The summed E-state index contributed by atoms with van der Waals surface area (Å²) in [6.07, 6.45) is 2.75. The van der Waals surface area contributed by atoms with Gasteiger partial charge in [-0.15, -0.1) is 0 Å². The van der Waals surface area contributed by atoms with Crippen molar-refractivity contribution in [3.63, 3.8) is 0 Å². The maximum Gasteiger partial charge on any atom is 0.270 e. The topological polar surface area (TPSA) is 75.0 Å². The second-order valence-electron chi connectivity index (χ2n) is 7.26. The summed E-state index contributed by atoms with van der Waals surface area (Å²) in [6.45, 7) is 1.50. The maximum absolute atomic E-state index is 13.0. The third-order valence-corrected chi connectivity index (χ3v) is 5.96. The van der Waals surface area contributed by atoms with Crippen LogP contribution in [0, 0.1) is 5.92 Å². The number of piperidine rings is 1. The number of hydrogen-bond acceptors (Lipinski definition) is 5. The Morgan fingerprint density at radius 3 is 3.11 bits per heavy atom. The van der Waals surface area contributed by atoms with E-state index >= 15 is 0 Å². The average Bonchev–Trinajstić information content (AvgIpc) is 3.47. The number of likely N-dealkylation sites (tertiary alicyclic amines) is 1. The van der Waals surface area contributed by atoms with Gasteiger partial charge in [0.25, 0.3) is 5.91 Å². The summed E-state index contributed by atoms with van der Waals surface area (Å²) in [5.41, 5.74) is 2.63. The van der Waals surface area contributed by atoms with Crippen LogP contribution >= 0.6 is 11.3 Å². The van der Waals surface area contributed by atoms with Gasteiger partial charge in [0, 0.05) is 41.4 Å². The summed E-state index contributed by atoms with van der Waals surface area (Å²) in [5, 5.41) is 9.16. The van der Waals surface area contributed by atoms with Gasteiger partial charge in [-0.1, -0.05) is 23.4 Å². The average molecular weight is 392 g/mol. The number of H-pyrrole nitrogens is 1. The molecule has 1 aromatic carbocycles. The molecule has 1 fully saturated rings. The second-order valence-corrected chi connectivity index (χ2v) is 8.04. The molecule has 7 heteroatoms. The first-order chi connectivity index (χ1) is 13.8. The smallest absolute Gasteiger partial charge is 0.270 e. The number of benzene rings is 1. The minimum absolute atomic E-state index is 0.0605. The Balaban J connectivity index is 1.27. The molecule has 28 heavy (non-hydrogen) atoms. The van der Waals surface area contributed by atoms with Crippen LogP contribution in [0.3, 0.4) is 0 Å². The lowest BCUT2D eigenvalue weighted by molar-refractivity contribution is 0.0663. The first-order valence-corrected chi connectivity index (χ1v) is 10.4. The number of nitrogens with zero attached hydrogens (tertiary/aromatic N) is 3. The standard InChI is InChI=1S/C21H20N4O2S/c26-21(18-11-15-5-1-2-6-17(15)22-18)25-8-3-4-14(12-25)10-19-23-20(24-27-19)16-7-9-28-13-16/h1-2,5-7,9,11,13-14,22H,3-4,8,10,12H2/t14-/m1/s1. The number of para-hydroxylation sites is 1. The molecule has 4 heterocycles. The highest BCUT2D eigenvalue weighted by atomic mass is 32.1. The van der Waals surface area contributed by atoms with Gasteiger partial charge >= 0.3 is 0 Å². The summed E-state index contributed by atoms with van der Waals surface area (Å²) in [5.74, 6) is 1.67. The number of carbonyl (C=O) groups excluding carboxylic acids is 1. The predicted octanol–water partition coefficient (Wildman–Crippen LogP) is 4.37. The molecule has 0 radical (unpaired) electrons. The molecule has 1 saturated heterocycles. The van der Waals surface area contributed by atoms with E-state index < -0.39 is 0 Å². The fourth-order valence-corrected chi connectivity index (χ4v) is 4.50. The van der Waals surface area contributed by atoms with Crippen LogP contribution in [0.2, 0.25) is 0 Å². The number of aromatic nitrogens is 3. The molecule has 0 bridgehead atoms. The largest absolute Gasteiger partial charge is 0.351 e. The number of amides is 1. The molecule has 0 unspecified atom stereocenters. The molecule has 1 amide bonds. The summed E-state index contributed by atoms with van der Waals surface area (Å²) in [7, 11) is 0. The third-order valence-electron chi connectivity index (χ3n) is 5.28. The molecule has 0 aliphatic carbocycles. The van der Waals surface area contributed by atoms with Crippen molar-refractivity contribution in [1.82, 2.24) is 20.0 Å². The van der Waals surface area contributed by atoms with E-state index in [0.29, 0.717) is 36.3 Å².